The van der Waals surface area contributed by atoms with Crippen LogP contribution in [0.15, 0.2) is 17.5 Å². The molecule has 0 bridgehead atoms. The zero-order chi connectivity index (χ0) is 14.8. The van der Waals surface area contributed by atoms with Gasteiger partial charge in [-0.25, -0.2) is 9.97 Å². The number of nitrogens with zero attached hydrogens (tertiary/aromatic N) is 2. The highest BCUT2D eigenvalue weighted by atomic mass is 32.1. The van der Waals surface area contributed by atoms with E-state index in [2.05, 4.69) is 59.7 Å². The van der Waals surface area contributed by atoms with Gasteiger partial charge in [0.15, 0.2) is 0 Å². The van der Waals surface area contributed by atoms with Crippen LogP contribution in [0.4, 0.5) is 11.6 Å². The van der Waals surface area contributed by atoms with Crippen LogP contribution in [0.3, 0.4) is 0 Å². The van der Waals surface area contributed by atoms with Crippen LogP contribution in [0, 0.1) is 6.92 Å². The fourth-order valence-corrected chi connectivity index (χ4v) is 2.60. The first-order chi connectivity index (χ1) is 9.40. The normalized spacial score (nSPS) is 11.4. The van der Waals surface area contributed by atoms with E-state index in [0.717, 1.165) is 24.0 Å². The van der Waals surface area contributed by atoms with E-state index in [0.29, 0.717) is 0 Å². The molecule has 2 heterocycles. The molecule has 0 aromatic carbocycles. The molecule has 108 valence electrons. The molecule has 0 saturated carbocycles. The standard InChI is InChI=1S/C15H22N4S/c1-10-6-7-20-11(10)9-17-13-8-12(16-5)18-14(19-13)15(2,3)4/h6-8H,9H2,1-5H3,(H2,16,17,18,19). The van der Waals surface area contributed by atoms with Gasteiger partial charge in [-0.05, 0) is 23.9 Å². The number of aryl methyl sites for hydroxylation is 1. The van der Waals surface area contributed by atoms with Gasteiger partial charge >= 0.3 is 0 Å². The van der Waals surface area contributed by atoms with Crippen LogP contribution in [0.5, 0.6) is 0 Å². The summed E-state index contributed by atoms with van der Waals surface area (Å²) in [6, 6.07) is 4.08. The van der Waals surface area contributed by atoms with Crippen LogP contribution in [0.25, 0.3) is 0 Å². The van der Waals surface area contributed by atoms with Crippen molar-refractivity contribution in [1.82, 2.24) is 9.97 Å². The first kappa shape index (κ1) is 14.8. The largest absolute Gasteiger partial charge is 0.373 e. The molecule has 2 rings (SSSR count). The summed E-state index contributed by atoms with van der Waals surface area (Å²) in [5, 5.41) is 8.61. The van der Waals surface area contributed by atoms with Gasteiger partial charge in [-0.3, -0.25) is 0 Å². The maximum Gasteiger partial charge on any atom is 0.138 e. The predicted molar refractivity (Wildman–Crippen MR) is 86.7 cm³/mol. The van der Waals surface area contributed by atoms with E-state index in [-0.39, 0.29) is 5.41 Å². The molecule has 0 fully saturated rings. The number of nitrogens with one attached hydrogen (secondary N) is 2. The van der Waals surface area contributed by atoms with E-state index >= 15 is 0 Å². The minimum atomic E-state index is -0.0673. The Bertz CT molecular complexity index is 584. The third kappa shape index (κ3) is 3.48. The van der Waals surface area contributed by atoms with Crippen molar-refractivity contribution in [2.45, 2.75) is 39.7 Å². The van der Waals surface area contributed by atoms with Crippen molar-refractivity contribution in [3.63, 3.8) is 0 Å². The van der Waals surface area contributed by atoms with E-state index in [1.165, 1.54) is 10.4 Å². The van der Waals surface area contributed by atoms with Crippen molar-refractivity contribution in [3.05, 3.63) is 33.8 Å². The molecule has 0 saturated heterocycles. The van der Waals surface area contributed by atoms with Crippen LogP contribution in [-0.4, -0.2) is 17.0 Å². The van der Waals surface area contributed by atoms with Crippen molar-refractivity contribution in [1.29, 1.82) is 0 Å². The maximum absolute atomic E-state index is 4.62. The van der Waals surface area contributed by atoms with Crippen molar-refractivity contribution >= 4 is 23.0 Å². The molecule has 0 atom stereocenters. The zero-order valence-electron chi connectivity index (χ0n) is 12.7. The number of anilines is 2. The van der Waals surface area contributed by atoms with Crippen molar-refractivity contribution in [2.75, 3.05) is 17.7 Å². The summed E-state index contributed by atoms with van der Waals surface area (Å²) in [4.78, 5) is 10.5. The number of aromatic nitrogens is 2. The fourth-order valence-electron chi connectivity index (χ4n) is 1.76. The fraction of sp³-hybridized carbons (Fsp3) is 0.467. The highest BCUT2D eigenvalue weighted by Gasteiger charge is 2.19. The molecule has 2 N–H and O–H groups in total. The Hall–Kier alpha value is -1.62. The van der Waals surface area contributed by atoms with E-state index < -0.39 is 0 Å². The minimum Gasteiger partial charge on any atom is -0.373 e. The van der Waals surface area contributed by atoms with Gasteiger partial charge in [-0.15, -0.1) is 11.3 Å². The Balaban J connectivity index is 2.21. The molecule has 0 amide bonds. The third-order valence-corrected chi connectivity index (χ3v) is 4.07. The van der Waals surface area contributed by atoms with E-state index in [4.69, 9.17) is 0 Å². The third-order valence-electron chi connectivity index (χ3n) is 3.05. The summed E-state index contributed by atoms with van der Waals surface area (Å²) in [6.45, 7) is 9.29. The summed E-state index contributed by atoms with van der Waals surface area (Å²) in [6.07, 6.45) is 0. The highest BCUT2D eigenvalue weighted by Crippen LogP contribution is 2.23. The molecule has 0 aliphatic heterocycles. The average Bonchev–Trinajstić information content (AvgIpc) is 2.80. The average molecular weight is 290 g/mol. The second-order valence-corrected chi connectivity index (χ2v) is 6.84. The number of hydrogen-bond acceptors (Lipinski definition) is 5. The summed E-state index contributed by atoms with van der Waals surface area (Å²) in [5.41, 5.74) is 1.25. The SMILES string of the molecule is CNc1cc(NCc2sccc2C)nc(C(C)(C)C)n1. The summed E-state index contributed by atoms with van der Waals surface area (Å²) in [7, 11) is 1.88. The second-order valence-electron chi connectivity index (χ2n) is 5.84. The van der Waals surface area contributed by atoms with Gasteiger partial charge in [0.05, 0.1) is 6.54 Å². The van der Waals surface area contributed by atoms with Crippen molar-refractivity contribution in [2.24, 2.45) is 0 Å². The Labute approximate surface area is 124 Å². The Morgan fingerprint density at radius 3 is 2.45 bits per heavy atom. The van der Waals surface area contributed by atoms with Gasteiger partial charge in [0.25, 0.3) is 0 Å². The van der Waals surface area contributed by atoms with Crippen LogP contribution >= 0.6 is 11.3 Å². The molecular formula is C15H22N4S. The van der Waals surface area contributed by atoms with E-state index in [1.807, 2.05) is 13.1 Å². The molecule has 0 aliphatic carbocycles. The van der Waals surface area contributed by atoms with Gasteiger partial charge in [0.1, 0.15) is 17.5 Å². The van der Waals surface area contributed by atoms with Gasteiger partial charge in [0, 0.05) is 23.4 Å². The molecule has 0 aliphatic rings. The van der Waals surface area contributed by atoms with Crippen molar-refractivity contribution < 1.29 is 0 Å². The van der Waals surface area contributed by atoms with E-state index in [9.17, 15) is 0 Å². The monoisotopic (exact) mass is 290 g/mol. The van der Waals surface area contributed by atoms with Gasteiger partial charge in [-0.1, -0.05) is 20.8 Å². The zero-order valence-corrected chi connectivity index (χ0v) is 13.6. The first-order valence-corrected chi connectivity index (χ1v) is 7.62. The molecule has 0 radical (unpaired) electrons. The number of rotatable bonds is 4. The lowest BCUT2D eigenvalue weighted by molar-refractivity contribution is 0.546. The quantitative estimate of drug-likeness (QED) is 0.899. The topological polar surface area (TPSA) is 49.8 Å². The highest BCUT2D eigenvalue weighted by molar-refractivity contribution is 7.10. The maximum atomic E-state index is 4.62. The Kier molecular flexibility index (Phi) is 4.28. The number of hydrogen-bond donors (Lipinski definition) is 2. The lowest BCUT2D eigenvalue weighted by atomic mass is 9.96. The van der Waals surface area contributed by atoms with Gasteiger partial charge in [0.2, 0.25) is 0 Å². The van der Waals surface area contributed by atoms with Crippen LogP contribution < -0.4 is 10.6 Å². The molecule has 2 aromatic rings. The molecule has 5 heteroatoms. The first-order valence-electron chi connectivity index (χ1n) is 6.74. The molecular weight excluding hydrogens is 268 g/mol. The minimum absolute atomic E-state index is 0.0673. The molecule has 0 unspecified atom stereocenters. The predicted octanol–water partition coefficient (Wildman–Crippen LogP) is 3.80. The van der Waals surface area contributed by atoms with Gasteiger partial charge in [-0.2, -0.15) is 0 Å². The Morgan fingerprint density at radius 2 is 1.90 bits per heavy atom. The second kappa shape index (κ2) is 5.79. The van der Waals surface area contributed by atoms with Crippen molar-refractivity contribution in [3.8, 4) is 0 Å². The summed E-state index contributed by atoms with van der Waals surface area (Å²) in [5.74, 6) is 2.55. The molecule has 0 spiro atoms. The molecule has 2 aromatic heterocycles. The number of thiophene rings is 1. The summed E-state index contributed by atoms with van der Waals surface area (Å²) >= 11 is 1.77. The van der Waals surface area contributed by atoms with Crippen LogP contribution in [0.1, 0.15) is 37.0 Å². The summed E-state index contributed by atoms with van der Waals surface area (Å²) < 4.78 is 0. The lowest BCUT2D eigenvalue weighted by Crippen LogP contribution is -2.18. The molecule has 4 nitrogen and oxygen atoms in total. The molecule has 20 heavy (non-hydrogen) atoms. The van der Waals surface area contributed by atoms with Crippen LogP contribution in [-0.2, 0) is 12.0 Å². The lowest BCUT2D eigenvalue weighted by Gasteiger charge is -2.18. The smallest absolute Gasteiger partial charge is 0.138 e. The van der Waals surface area contributed by atoms with Gasteiger partial charge < -0.3 is 10.6 Å². The van der Waals surface area contributed by atoms with E-state index in [1.54, 1.807) is 11.3 Å². The van der Waals surface area contributed by atoms with Crippen LogP contribution in [0.2, 0.25) is 0 Å². The Morgan fingerprint density at radius 1 is 1.20 bits per heavy atom.